The lowest BCUT2D eigenvalue weighted by molar-refractivity contribution is -0.162. The molecule has 3 N–H and O–H groups in total. The Balaban J connectivity index is 1.84. The number of anilines is 1. The number of benzene rings is 2. The van der Waals surface area contributed by atoms with Crippen LogP contribution in [-0.4, -0.2) is 60.6 Å². The highest BCUT2D eigenvalue weighted by Crippen LogP contribution is 2.39. The fourth-order valence-electron chi connectivity index (χ4n) is 5.22. The van der Waals surface area contributed by atoms with Gasteiger partial charge in [-0.05, 0) is 68.7 Å². The number of nitrogens with zero attached hydrogens (tertiary/aromatic N) is 1. The predicted octanol–water partition coefficient (Wildman–Crippen LogP) is 5.70. The lowest BCUT2D eigenvalue weighted by Crippen LogP contribution is -2.47. The van der Waals surface area contributed by atoms with Gasteiger partial charge in [0.25, 0.3) is 0 Å². The number of alkyl halides is 2. The van der Waals surface area contributed by atoms with Gasteiger partial charge in [0.15, 0.2) is 0 Å². The van der Waals surface area contributed by atoms with Crippen LogP contribution in [0, 0.1) is 0 Å². The molecular weight excluding hydrogens is 577 g/mol. The molecule has 0 radical (unpaired) electrons. The molecule has 0 aromatic heterocycles. The van der Waals surface area contributed by atoms with E-state index in [-0.39, 0.29) is 12.8 Å². The second-order valence-electron chi connectivity index (χ2n) is 11.7. The summed E-state index contributed by atoms with van der Waals surface area (Å²) in [4.78, 5) is 41.0. The Morgan fingerprint density at radius 2 is 1.60 bits per heavy atom. The maximum absolute atomic E-state index is 13.3. The summed E-state index contributed by atoms with van der Waals surface area (Å²) in [5.41, 5.74) is 9.18. The van der Waals surface area contributed by atoms with Gasteiger partial charge in [0.05, 0.1) is 0 Å². The smallest absolute Gasteiger partial charge is 0.408 e. The molecule has 0 bridgehead atoms. The molecule has 42 heavy (non-hydrogen) atoms. The zero-order chi connectivity index (χ0) is 30.7. The first kappa shape index (κ1) is 33.7. The van der Waals surface area contributed by atoms with Crippen molar-refractivity contribution in [2.75, 3.05) is 29.7 Å². The van der Waals surface area contributed by atoms with Gasteiger partial charge >= 0.3 is 18.0 Å². The second kappa shape index (κ2) is 16.1. The number of esters is 2. The van der Waals surface area contributed by atoms with Crippen LogP contribution >= 0.6 is 23.2 Å². The SMILES string of the molecule is CC(C)(C)OC(=O)N[C@@H](Cc1ccc(N(CCCl)CCCl)c(C2CCCC2)c1)C(=O)OC(=O)[C@@H](N)Cc1ccccc1. The number of hydrogen-bond acceptors (Lipinski definition) is 7. The minimum absolute atomic E-state index is 0.101. The Labute approximate surface area is 259 Å². The molecule has 8 nitrogen and oxygen atoms in total. The predicted molar refractivity (Wildman–Crippen MR) is 167 cm³/mol. The van der Waals surface area contributed by atoms with Crippen molar-refractivity contribution in [2.45, 2.75) is 82.9 Å². The van der Waals surface area contributed by atoms with Gasteiger partial charge in [-0.2, -0.15) is 0 Å². The highest BCUT2D eigenvalue weighted by molar-refractivity contribution is 6.18. The van der Waals surface area contributed by atoms with Crippen LogP contribution in [0.2, 0.25) is 0 Å². The molecule has 0 aliphatic heterocycles. The Kier molecular flexibility index (Phi) is 13.0. The fourth-order valence-corrected chi connectivity index (χ4v) is 5.62. The number of ether oxygens (including phenoxy) is 2. The monoisotopic (exact) mass is 619 g/mol. The number of nitrogens with one attached hydrogen (secondary N) is 1. The van der Waals surface area contributed by atoms with Crippen LogP contribution in [0.5, 0.6) is 0 Å². The number of nitrogens with two attached hydrogens (primary N) is 1. The highest BCUT2D eigenvalue weighted by atomic mass is 35.5. The molecule has 1 saturated carbocycles. The van der Waals surface area contributed by atoms with Crippen molar-refractivity contribution in [1.29, 1.82) is 0 Å². The van der Waals surface area contributed by atoms with Gasteiger partial charge in [0.2, 0.25) is 0 Å². The molecule has 0 unspecified atom stereocenters. The molecule has 1 aliphatic carbocycles. The number of hydrogen-bond donors (Lipinski definition) is 2. The van der Waals surface area contributed by atoms with Crippen LogP contribution in [0.4, 0.5) is 10.5 Å². The third kappa shape index (κ3) is 10.5. The summed E-state index contributed by atoms with van der Waals surface area (Å²) in [6.07, 6.45) is 3.98. The lowest BCUT2D eigenvalue weighted by atomic mass is 9.92. The molecule has 2 atom stereocenters. The first-order valence-corrected chi connectivity index (χ1v) is 15.6. The van der Waals surface area contributed by atoms with Crippen LogP contribution in [0.25, 0.3) is 0 Å². The summed E-state index contributed by atoms with van der Waals surface area (Å²) >= 11 is 12.2. The van der Waals surface area contributed by atoms with E-state index in [0.717, 1.165) is 42.5 Å². The summed E-state index contributed by atoms with van der Waals surface area (Å²) in [5, 5.41) is 2.61. The van der Waals surface area contributed by atoms with E-state index in [9.17, 15) is 14.4 Å². The minimum Gasteiger partial charge on any atom is -0.444 e. The Morgan fingerprint density at radius 3 is 2.19 bits per heavy atom. The number of rotatable bonds is 13. The van der Waals surface area contributed by atoms with Crippen LogP contribution in [0.3, 0.4) is 0 Å². The zero-order valence-corrected chi connectivity index (χ0v) is 26.3. The van der Waals surface area contributed by atoms with Gasteiger partial charge in [0.1, 0.15) is 17.7 Å². The topological polar surface area (TPSA) is 111 Å². The van der Waals surface area contributed by atoms with E-state index in [0.29, 0.717) is 30.8 Å². The highest BCUT2D eigenvalue weighted by Gasteiger charge is 2.30. The lowest BCUT2D eigenvalue weighted by Gasteiger charge is -2.29. The molecule has 1 aliphatic rings. The van der Waals surface area contributed by atoms with Crippen molar-refractivity contribution in [2.24, 2.45) is 5.73 Å². The number of carbonyl (C=O) groups excluding carboxylic acids is 3. The molecule has 0 saturated heterocycles. The summed E-state index contributed by atoms with van der Waals surface area (Å²) in [6.45, 7) is 6.51. The molecule has 0 spiro atoms. The van der Waals surface area contributed by atoms with Gasteiger partial charge in [0, 0.05) is 37.0 Å². The molecule has 1 amide bonds. The van der Waals surface area contributed by atoms with Crippen LogP contribution in [-0.2, 0) is 31.9 Å². The van der Waals surface area contributed by atoms with Crippen molar-refractivity contribution in [1.82, 2.24) is 5.32 Å². The number of alkyl carbamates (subject to hydrolysis) is 1. The molecule has 3 rings (SSSR count). The standard InChI is InChI=1S/C32H43Cl2N3O5/c1-32(2,3)42-31(40)36-27(30(39)41-29(38)26(35)20-22-9-5-4-6-10-22)21-23-13-14-28(37(17-15-33)18-16-34)25(19-23)24-11-7-8-12-24/h4-6,9-10,13-14,19,24,26-27H,7-8,11-12,15-18,20-21,35H2,1-3H3,(H,36,40)/t26-,27-/m0/s1. The van der Waals surface area contributed by atoms with Crippen molar-refractivity contribution in [3.05, 3.63) is 65.2 Å². The van der Waals surface area contributed by atoms with Crippen LogP contribution < -0.4 is 16.0 Å². The second-order valence-corrected chi connectivity index (χ2v) is 12.4. The average Bonchev–Trinajstić information content (AvgIpc) is 3.47. The summed E-state index contributed by atoms with van der Waals surface area (Å²) in [7, 11) is 0. The van der Waals surface area contributed by atoms with Crippen molar-refractivity contribution in [3.8, 4) is 0 Å². The van der Waals surface area contributed by atoms with Gasteiger partial charge in [-0.3, -0.25) is 0 Å². The zero-order valence-electron chi connectivity index (χ0n) is 24.7. The van der Waals surface area contributed by atoms with E-state index in [1.807, 2.05) is 42.5 Å². The normalized spacial score (nSPS) is 15.1. The first-order valence-electron chi connectivity index (χ1n) is 14.5. The molecule has 0 heterocycles. The van der Waals surface area contributed by atoms with Gasteiger partial charge in [-0.15, -0.1) is 23.2 Å². The molecule has 10 heteroatoms. The third-order valence-corrected chi connectivity index (χ3v) is 7.49. The summed E-state index contributed by atoms with van der Waals surface area (Å²) in [6, 6.07) is 13.1. The summed E-state index contributed by atoms with van der Waals surface area (Å²) in [5.74, 6) is -0.449. The maximum Gasteiger partial charge on any atom is 0.408 e. The van der Waals surface area contributed by atoms with E-state index in [4.69, 9.17) is 38.4 Å². The molecule has 2 aromatic rings. The van der Waals surface area contributed by atoms with Gasteiger partial charge < -0.3 is 25.4 Å². The number of halogens is 2. The van der Waals surface area contributed by atoms with Gasteiger partial charge in [-0.25, -0.2) is 14.4 Å². The van der Waals surface area contributed by atoms with E-state index in [2.05, 4.69) is 16.3 Å². The molecular formula is C32H43Cl2N3O5. The molecule has 230 valence electrons. The van der Waals surface area contributed by atoms with Crippen LogP contribution in [0.15, 0.2) is 48.5 Å². The fraction of sp³-hybridized carbons (Fsp3) is 0.531. The van der Waals surface area contributed by atoms with E-state index < -0.39 is 35.7 Å². The molecule has 1 fully saturated rings. The third-order valence-electron chi connectivity index (χ3n) is 7.15. The minimum atomic E-state index is -1.17. The van der Waals surface area contributed by atoms with E-state index >= 15 is 0 Å². The summed E-state index contributed by atoms with van der Waals surface area (Å²) < 4.78 is 10.6. The Morgan fingerprint density at radius 1 is 0.952 bits per heavy atom. The largest absolute Gasteiger partial charge is 0.444 e. The maximum atomic E-state index is 13.3. The van der Waals surface area contributed by atoms with Crippen molar-refractivity contribution >= 4 is 46.9 Å². The quantitative estimate of drug-likeness (QED) is 0.168. The van der Waals surface area contributed by atoms with Crippen LogP contribution in [0.1, 0.15) is 69.1 Å². The van der Waals surface area contributed by atoms with Crippen molar-refractivity contribution < 1.29 is 23.9 Å². The Bertz CT molecular complexity index is 1180. The average molecular weight is 621 g/mol. The van der Waals surface area contributed by atoms with Gasteiger partial charge in [-0.1, -0.05) is 55.3 Å². The number of carbonyl (C=O) groups is 3. The number of amides is 1. The first-order chi connectivity index (χ1) is 20.0. The van der Waals surface area contributed by atoms with E-state index in [1.165, 1.54) is 5.56 Å². The Hall–Kier alpha value is -2.81. The van der Waals surface area contributed by atoms with Crippen molar-refractivity contribution in [3.63, 3.8) is 0 Å². The van der Waals surface area contributed by atoms with E-state index in [1.54, 1.807) is 20.8 Å². The molecule has 2 aromatic carbocycles.